The number of nitrogens with zero attached hydrogens (tertiary/aromatic N) is 1. The maximum atomic E-state index is 14.1. The number of hydrogen-bond donors (Lipinski definition) is 1. The van der Waals surface area contributed by atoms with Gasteiger partial charge in [-0.2, -0.15) is 8.78 Å². The van der Waals surface area contributed by atoms with Gasteiger partial charge in [0.1, 0.15) is 0 Å². The molecule has 0 radical (unpaired) electrons. The van der Waals surface area contributed by atoms with Crippen LogP contribution in [0.4, 0.5) is 13.2 Å². The Morgan fingerprint density at radius 1 is 1.30 bits per heavy atom. The summed E-state index contributed by atoms with van der Waals surface area (Å²) in [5.74, 6) is 0.366. The highest BCUT2D eigenvalue weighted by Crippen LogP contribution is 2.31. The summed E-state index contributed by atoms with van der Waals surface area (Å²) >= 11 is 0. The number of nitrogens with one attached hydrogen (secondary N) is 1. The number of halogens is 3. The van der Waals surface area contributed by atoms with Crippen molar-refractivity contribution in [2.75, 3.05) is 26.5 Å². The van der Waals surface area contributed by atoms with Crippen molar-refractivity contribution in [3.8, 4) is 0 Å². The summed E-state index contributed by atoms with van der Waals surface area (Å²) in [5.41, 5.74) is 1.96. The van der Waals surface area contributed by atoms with E-state index in [2.05, 4.69) is 53.2 Å². The first-order valence-corrected chi connectivity index (χ1v) is 10.6. The first-order chi connectivity index (χ1) is 14.4. The molecule has 0 saturated heterocycles. The molecule has 3 nitrogen and oxygen atoms in total. The van der Waals surface area contributed by atoms with E-state index in [0.29, 0.717) is 37.5 Å². The summed E-state index contributed by atoms with van der Waals surface area (Å²) in [6, 6.07) is 0. The van der Waals surface area contributed by atoms with E-state index in [4.69, 9.17) is 0 Å². The Labute approximate surface area is 179 Å². The van der Waals surface area contributed by atoms with Crippen molar-refractivity contribution in [3.05, 3.63) is 59.3 Å². The molecule has 1 aliphatic heterocycles. The predicted molar refractivity (Wildman–Crippen MR) is 120 cm³/mol. The normalized spacial score (nSPS) is 24.0. The van der Waals surface area contributed by atoms with Gasteiger partial charge in [-0.05, 0) is 50.2 Å². The lowest BCUT2D eigenvalue weighted by molar-refractivity contribution is -0.226. The third-order valence-electron chi connectivity index (χ3n) is 4.86. The monoisotopic (exact) mass is 424 g/mol. The fourth-order valence-corrected chi connectivity index (χ4v) is 3.07. The molecule has 0 aliphatic carbocycles. The van der Waals surface area contributed by atoms with Crippen molar-refractivity contribution in [2.24, 2.45) is 10.9 Å². The van der Waals surface area contributed by atoms with Crippen LogP contribution in [-0.2, 0) is 4.74 Å². The highest BCUT2D eigenvalue weighted by molar-refractivity contribution is 6.04. The standard InChI is InChI=1S/C24H35F3N2O/c1-5-8-10-20(6-2)12-13-21(7-3)23-17-28-16-14-19(4)22(11-9-15-29-23)24(26,27)30-18-25/h7-8,10-14,20,28H,5-6,9,15-18H2,1-4H3/b10-8-,13-12-,19-14-,21-7+,22-11+,29-23+. The van der Waals surface area contributed by atoms with Gasteiger partial charge in [-0.25, -0.2) is 4.39 Å². The first-order valence-electron chi connectivity index (χ1n) is 10.6. The number of aliphatic imine (C=N–C) groups is 1. The number of ether oxygens (including phenoxy) is 1. The summed E-state index contributed by atoms with van der Waals surface area (Å²) in [6.45, 7) is 7.55. The zero-order valence-corrected chi connectivity index (χ0v) is 18.6. The van der Waals surface area contributed by atoms with Gasteiger partial charge in [0.15, 0.2) is 6.86 Å². The van der Waals surface area contributed by atoms with E-state index in [1.807, 2.05) is 13.0 Å². The van der Waals surface area contributed by atoms with E-state index >= 15 is 0 Å². The van der Waals surface area contributed by atoms with Gasteiger partial charge < -0.3 is 5.32 Å². The minimum absolute atomic E-state index is 0.305. The Morgan fingerprint density at radius 3 is 2.70 bits per heavy atom. The molecular formula is C24H35F3N2O. The molecule has 0 aromatic rings. The molecule has 0 saturated carbocycles. The average Bonchev–Trinajstić information content (AvgIpc) is 2.75. The molecule has 0 aromatic carbocycles. The molecule has 1 atom stereocenters. The number of rotatable bonds is 9. The van der Waals surface area contributed by atoms with Gasteiger partial charge in [0.05, 0.1) is 5.71 Å². The zero-order chi connectivity index (χ0) is 22.4. The smallest absolute Gasteiger partial charge is 0.308 e. The van der Waals surface area contributed by atoms with Crippen molar-refractivity contribution in [1.82, 2.24) is 5.32 Å². The largest absolute Gasteiger partial charge is 0.385 e. The lowest BCUT2D eigenvalue weighted by Crippen LogP contribution is -2.26. The molecule has 1 N–H and O–H groups in total. The number of allylic oxidation sites excluding steroid dienone is 5. The lowest BCUT2D eigenvalue weighted by Gasteiger charge is -2.19. The van der Waals surface area contributed by atoms with E-state index in [0.717, 1.165) is 24.1 Å². The maximum Gasteiger partial charge on any atom is 0.385 e. The fourth-order valence-electron chi connectivity index (χ4n) is 3.07. The molecule has 0 aromatic heterocycles. The van der Waals surface area contributed by atoms with Crippen molar-refractivity contribution in [2.45, 2.75) is 53.1 Å². The Hall–Kier alpha value is -1.92. The molecule has 1 unspecified atom stereocenters. The minimum atomic E-state index is -3.66. The third kappa shape index (κ3) is 8.84. The van der Waals surface area contributed by atoms with Crippen LogP contribution in [0, 0.1) is 5.92 Å². The van der Waals surface area contributed by atoms with Crippen LogP contribution in [0.1, 0.15) is 47.0 Å². The summed E-state index contributed by atoms with van der Waals surface area (Å²) < 4.78 is 44.6. The van der Waals surface area contributed by atoms with Crippen LogP contribution >= 0.6 is 0 Å². The summed E-state index contributed by atoms with van der Waals surface area (Å²) in [5, 5.41) is 3.24. The van der Waals surface area contributed by atoms with E-state index in [1.54, 1.807) is 13.0 Å². The molecule has 1 heterocycles. The highest BCUT2D eigenvalue weighted by atomic mass is 19.3. The second-order valence-corrected chi connectivity index (χ2v) is 7.03. The summed E-state index contributed by atoms with van der Waals surface area (Å²) in [6.07, 6.45) is 12.4. The van der Waals surface area contributed by atoms with Gasteiger partial charge in [-0.3, -0.25) is 9.73 Å². The number of alkyl halides is 3. The SMILES string of the molecule is C/C=C(\C=C/C(/C=C\CC)CC)C1=N/CC/C=C(C(F)(F)OCF)\C(C)=C/CNC\1. The molecule has 1 rings (SSSR count). The predicted octanol–water partition coefficient (Wildman–Crippen LogP) is 6.32. The van der Waals surface area contributed by atoms with Gasteiger partial charge in [0, 0.05) is 25.2 Å². The highest BCUT2D eigenvalue weighted by Gasteiger charge is 2.36. The quantitative estimate of drug-likeness (QED) is 0.347. The summed E-state index contributed by atoms with van der Waals surface area (Å²) in [7, 11) is 0. The Kier molecular flexibility index (Phi) is 12.3. The maximum absolute atomic E-state index is 14.1. The fraction of sp³-hybridized carbons (Fsp3) is 0.542. The van der Waals surface area contributed by atoms with Crippen LogP contribution in [0.25, 0.3) is 0 Å². The molecule has 0 amide bonds. The zero-order valence-electron chi connectivity index (χ0n) is 18.6. The van der Waals surface area contributed by atoms with Crippen LogP contribution in [0.2, 0.25) is 0 Å². The van der Waals surface area contributed by atoms with Crippen LogP contribution in [-0.4, -0.2) is 38.3 Å². The van der Waals surface area contributed by atoms with Gasteiger partial charge >= 0.3 is 6.11 Å². The Balaban J connectivity index is 3.03. The van der Waals surface area contributed by atoms with Gasteiger partial charge in [-0.15, -0.1) is 0 Å². The lowest BCUT2D eigenvalue weighted by atomic mass is 10.0. The second-order valence-electron chi connectivity index (χ2n) is 7.03. The van der Waals surface area contributed by atoms with E-state index < -0.39 is 13.0 Å². The van der Waals surface area contributed by atoms with Crippen LogP contribution in [0.15, 0.2) is 64.2 Å². The molecule has 0 spiro atoms. The van der Waals surface area contributed by atoms with Crippen molar-refractivity contribution >= 4 is 5.71 Å². The molecule has 6 heteroatoms. The van der Waals surface area contributed by atoms with Crippen molar-refractivity contribution < 1.29 is 17.9 Å². The third-order valence-corrected chi connectivity index (χ3v) is 4.86. The number of hydrogen-bond acceptors (Lipinski definition) is 3. The van der Waals surface area contributed by atoms with Crippen molar-refractivity contribution in [3.63, 3.8) is 0 Å². The van der Waals surface area contributed by atoms with Crippen LogP contribution in [0.5, 0.6) is 0 Å². The van der Waals surface area contributed by atoms with Crippen molar-refractivity contribution in [1.29, 1.82) is 0 Å². The molecule has 30 heavy (non-hydrogen) atoms. The molecular weight excluding hydrogens is 389 g/mol. The summed E-state index contributed by atoms with van der Waals surface area (Å²) in [4.78, 5) is 4.64. The average molecular weight is 425 g/mol. The first kappa shape index (κ1) is 26.1. The Morgan fingerprint density at radius 2 is 2.07 bits per heavy atom. The topological polar surface area (TPSA) is 33.6 Å². The second kappa shape index (κ2) is 14.1. The van der Waals surface area contributed by atoms with E-state index in [1.165, 1.54) is 6.08 Å². The molecule has 1 aliphatic rings. The van der Waals surface area contributed by atoms with Crippen LogP contribution < -0.4 is 5.32 Å². The van der Waals surface area contributed by atoms with E-state index in [9.17, 15) is 13.2 Å². The van der Waals surface area contributed by atoms with Crippen LogP contribution in [0.3, 0.4) is 0 Å². The molecule has 0 fully saturated rings. The van der Waals surface area contributed by atoms with Gasteiger partial charge in [-0.1, -0.05) is 56.4 Å². The van der Waals surface area contributed by atoms with Gasteiger partial charge in [0.25, 0.3) is 0 Å². The molecule has 0 bridgehead atoms. The Bertz CT molecular complexity index is 703. The van der Waals surface area contributed by atoms with E-state index in [-0.39, 0.29) is 5.57 Å². The minimum Gasteiger partial charge on any atom is -0.308 e. The van der Waals surface area contributed by atoms with Gasteiger partial charge in [0.2, 0.25) is 0 Å². The molecule has 168 valence electrons.